The third kappa shape index (κ3) is 3.68. The second kappa shape index (κ2) is 6.04. The molecule has 0 aliphatic heterocycles. The van der Waals surface area contributed by atoms with Crippen LogP contribution in [0.2, 0.25) is 5.02 Å². The van der Waals surface area contributed by atoms with Gasteiger partial charge in [-0.3, -0.25) is 0 Å². The molecule has 0 saturated carbocycles. The van der Waals surface area contributed by atoms with Crippen molar-refractivity contribution in [2.45, 2.75) is 13.3 Å². The number of hydrogen-bond acceptors (Lipinski definition) is 4. The topological polar surface area (TPSA) is 62.2 Å². The number of aromatic carboxylic acids is 1. The molecule has 6 heteroatoms. The molecule has 1 aromatic heterocycles. The van der Waals surface area contributed by atoms with Gasteiger partial charge in [-0.25, -0.2) is 9.78 Å². The van der Waals surface area contributed by atoms with Gasteiger partial charge in [0.1, 0.15) is 0 Å². The Kier molecular flexibility index (Phi) is 4.39. The number of nitrogens with one attached hydrogen (secondary N) is 1. The number of hydrogen-bond donors (Lipinski definition) is 2. The number of anilines is 1. The van der Waals surface area contributed by atoms with Crippen LogP contribution in [0.5, 0.6) is 0 Å². The second-order valence-corrected chi connectivity index (χ2v) is 5.41. The van der Waals surface area contributed by atoms with Crippen molar-refractivity contribution < 1.29 is 9.90 Å². The molecule has 19 heavy (non-hydrogen) atoms. The first-order valence-electron chi connectivity index (χ1n) is 5.74. The molecule has 2 aromatic rings. The van der Waals surface area contributed by atoms with E-state index in [0.29, 0.717) is 17.3 Å². The van der Waals surface area contributed by atoms with Crippen LogP contribution in [0.25, 0.3) is 0 Å². The molecule has 0 unspecified atom stereocenters. The van der Waals surface area contributed by atoms with Gasteiger partial charge in [-0.15, -0.1) is 11.3 Å². The van der Waals surface area contributed by atoms with Crippen LogP contribution in [0.4, 0.5) is 5.69 Å². The smallest absolute Gasteiger partial charge is 0.335 e. The zero-order valence-electron chi connectivity index (χ0n) is 10.3. The Morgan fingerprint density at radius 2 is 2.32 bits per heavy atom. The van der Waals surface area contributed by atoms with E-state index in [4.69, 9.17) is 16.7 Å². The number of nitrogens with zero attached hydrogens (tertiary/aromatic N) is 1. The first-order chi connectivity index (χ1) is 9.06. The Hall–Kier alpha value is -1.59. The number of aryl methyl sites for hydroxylation is 1. The molecule has 0 atom stereocenters. The van der Waals surface area contributed by atoms with Crippen LogP contribution in [0.3, 0.4) is 0 Å². The summed E-state index contributed by atoms with van der Waals surface area (Å²) >= 11 is 7.64. The minimum atomic E-state index is -0.963. The van der Waals surface area contributed by atoms with Gasteiger partial charge in [0, 0.05) is 24.0 Å². The van der Waals surface area contributed by atoms with E-state index in [2.05, 4.69) is 10.3 Å². The van der Waals surface area contributed by atoms with E-state index in [1.54, 1.807) is 17.4 Å². The summed E-state index contributed by atoms with van der Waals surface area (Å²) in [5.74, 6) is -0.963. The minimum absolute atomic E-state index is 0.219. The Balaban J connectivity index is 1.99. The van der Waals surface area contributed by atoms with E-state index in [9.17, 15) is 4.79 Å². The highest BCUT2D eigenvalue weighted by Gasteiger charge is 2.07. The van der Waals surface area contributed by atoms with Gasteiger partial charge in [-0.1, -0.05) is 11.6 Å². The molecular weight excluding hydrogens is 284 g/mol. The number of aromatic nitrogens is 1. The van der Waals surface area contributed by atoms with Gasteiger partial charge >= 0.3 is 5.97 Å². The van der Waals surface area contributed by atoms with Crippen molar-refractivity contribution in [2.24, 2.45) is 0 Å². The van der Waals surface area contributed by atoms with Crippen molar-refractivity contribution in [1.29, 1.82) is 0 Å². The summed E-state index contributed by atoms with van der Waals surface area (Å²) in [7, 11) is 0. The molecule has 100 valence electrons. The van der Waals surface area contributed by atoms with E-state index in [-0.39, 0.29) is 5.56 Å². The standard InChI is InChI=1S/C13H13ClN2O2S/c1-8-7-19-12(16-8)4-5-15-11-6-9(13(17)18)2-3-10(11)14/h2-3,6-7,15H,4-5H2,1H3,(H,17,18). The molecule has 0 bridgehead atoms. The number of carbonyl (C=O) groups is 1. The Bertz CT molecular complexity index is 598. The molecule has 0 aliphatic carbocycles. The highest BCUT2D eigenvalue weighted by Crippen LogP contribution is 2.23. The third-order valence-corrected chi connectivity index (χ3v) is 3.89. The van der Waals surface area contributed by atoms with Crippen LogP contribution in [0.15, 0.2) is 23.6 Å². The van der Waals surface area contributed by atoms with Gasteiger partial charge in [0.05, 0.1) is 21.3 Å². The molecule has 0 fully saturated rings. The minimum Gasteiger partial charge on any atom is -0.478 e. The van der Waals surface area contributed by atoms with Gasteiger partial charge in [0.25, 0.3) is 0 Å². The van der Waals surface area contributed by atoms with E-state index in [1.807, 2.05) is 12.3 Å². The average molecular weight is 297 g/mol. The molecule has 2 N–H and O–H groups in total. The Labute approximate surface area is 120 Å². The monoisotopic (exact) mass is 296 g/mol. The first kappa shape index (κ1) is 13.8. The van der Waals surface area contributed by atoms with E-state index in [0.717, 1.165) is 17.1 Å². The molecule has 0 aliphatic rings. The highest BCUT2D eigenvalue weighted by atomic mass is 35.5. The van der Waals surface area contributed by atoms with E-state index in [1.165, 1.54) is 12.1 Å². The third-order valence-electron chi connectivity index (χ3n) is 2.53. The van der Waals surface area contributed by atoms with Crippen LogP contribution in [-0.2, 0) is 6.42 Å². The molecule has 0 radical (unpaired) electrons. The molecule has 0 spiro atoms. The van der Waals surface area contributed by atoms with Crippen molar-refractivity contribution in [3.8, 4) is 0 Å². The van der Waals surface area contributed by atoms with Gasteiger partial charge in [0.2, 0.25) is 0 Å². The van der Waals surface area contributed by atoms with E-state index < -0.39 is 5.97 Å². The summed E-state index contributed by atoms with van der Waals surface area (Å²) < 4.78 is 0. The van der Waals surface area contributed by atoms with Gasteiger partial charge in [-0.2, -0.15) is 0 Å². The zero-order valence-corrected chi connectivity index (χ0v) is 11.9. The van der Waals surface area contributed by atoms with Gasteiger partial charge in [0.15, 0.2) is 0 Å². The van der Waals surface area contributed by atoms with Gasteiger partial charge < -0.3 is 10.4 Å². The molecule has 4 nitrogen and oxygen atoms in total. The maximum absolute atomic E-state index is 10.9. The fraction of sp³-hybridized carbons (Fsp3) is 0.231. The first-order valence-corrected chi connectivity index (χ1v) is 7.00. The normalized spacial score (nSPS) is 10.4. The van der Waals surface area contributed by atoms with Crippen molar-refractivity contribution in [3.63, 3.8) is 0 Å². The molecule has 0 saturated heterocycles. The summed E-state index contributed by atoms with van der Waals surface area (Å²) in [6.07, 6.45) is 0.784. The lowest BCUT2D eigenvalue weighted by molar-refractivity contribution is 0.0697. The number of halogens is 1. The average Bonchev–Trinajstić information content (AvgIpc) is 2.77. The van der Waals surface area contributed by atoms with Crippen molar-refractivity contribution in [3.05, 3.63) is 44.9 Å². The lowest BCUT2D eigenvalue weighted by atomic mass is 10.2. The second-order valence-electron chi connectivity index (χ2n) is 4.06. The maximum atomic E-state index is 10.9. The maximum Gasteiger partial charge on any atom is 0.335 e. The Morgan fingerprint density at radius 3 is 2.95 bits per heavy atom. The van der Waals surface area contributed by atoms with Crippen LogP contribution < -0.4 is 5.32 Å². The zero-order chi connectivity index (χ0) is 13.8. The summed E-state index contributed by atoms with van der Waals surface area (Å²) in [6, 6.07) is 4.61. The highest BCUT2D eigenvalue weighted by molar-refractivity contribution is 7.09. The van der Waals surface area contributed by atoms with Crippen LogP contribution in [-0.4, -0.2) is 22.6 Å². The van der Waals surface area contributed by atoms with Crippen LogP contribution >= 0.6 is 22.9 Å². The summed E-state index contributed by atoms with van der Waals surface area (Å²) in [4.78, 5) is 15.2. The van der Waals surface area contributed by atoms with Gasteiger partial charge in [-0.05, 0) is 25.1 Å². The molecule has 1 aromatic carbocycles. The fourth-order valence-corrected chi connectivity index (χ4v) is 2.58. The van der Waals surface area contributed by atoms with Crippen LogP contribution in [0, 0.1) is 6.92 Å². The molecular formula is C13H13ClN2O2S. The SMILES string of the molecule is Cc1csc(CCNc2cc(C(=O)O)ccc2Cl)n1. The molecule has 0 amide bonds. The van der Waals surface area contributed by atoms with Crippen LogP contribution in [0.1, 0.15) is 21.1 Å². The lowest BCUT2D eigenvalue weighted by Crippen LogP contribution is -2.06. The number of thiazole rings is 1. The quantitative estimate of drug-likeness (QED) is 0.887. The fourth-order valence-electron chi connectivity index (χ4n) is 1.62. The largest absolute Gasteiger partial charge is 0.478 e. The van der Waals surface area contributed by atoms with Crippen molar-refractivity contribution in [2.75, 3.05) is 11.9 Å². The number of rotatable bonds is 5. The molecule has 1 heterocycles. The predicted octanol–water partition coefficient (Wildman–Crippen LogP) is 3.46. The number of carboxylic acids is 1. The van der Waals surface area contributed by atoms with Crippen molar-refractivity contribution >= 4 is 34.6 Å². The predicted molar refractivity (Wildman–Crippen MR) is 77.5 cm³/mol. The molecule has 2 rings (SSSR count). The lowest BCUT2D eigenvalue weighted by Gasteiger charge is -2.08. The summed E-state index contributed by atoms with van der Waals surface area (Å²) in [5.41, 5.74) is 1.87. The summed E-state index contributed by atoms with van der Waals surface area (Å²) in [5, 5.41) is 15.6. The van der Waals surface area contributed by atoms with E-state index >= 15 is 0 Å². The Morgan fingerprint density at radius 1 is 1.53 bits per heavy atom. The number of benzene rings is 1. The summed E-state index contributed by atoms with van der Waals surface area (Å²) in [6.45, 7) is 2.62. The van der Waals surface area contributed by atoms with Crippen molar-refractivity contribution in [1.82, 2.24) is 4.98 Å². The number of carboxylic acid groups (broad SMARTS) is 1.